The van der Waals surface area contributed by atoms with Crippen LogP contribution >= 0.6 is 0 Å². The van der Waals surface area contributed by atoms with E-state index in [0.717, 1.165) is 12.8 Å². The molecule has 3 rings (SSSR count). The molecule has 0 aromatic heterocycles. The third-order valence-corrected chi connectivity index (χ3v) is 3.79. The second-order valence-corrected chi connectivity index (χ2v) is 5.62. The average Bonchev–Trinajstić information content (AvgIpc) is 2.61. The Hall–Kier alpha value is -2.48. The van der Waals surface area contributed by atoms with Gasteiger partial charge in [-0.1, -0.05) is 0 Å². The predicted octanol–water partition coefficient (Wildman–Crippen LogP) is 0.874. The Morgan fingerprint density at radius 3 is 2.58 bits per heavy atom. The molecule has 1 fully saturated rings. The van der Waals surface area contributed by atoms with Crippen molar-refractivity contribution in [2.24, 2.45) is 0 Å². The first-order valence-electron chi connectivity index (χ1n) is 8.02. The van der Waals surface area contributed by atoms with Crippen LogP contribution in [-0.4, -0.2) is 51.0 Å². The smallest absolute Gasteiger partial charge is 0.315 e. The third-order valence-electron chi connectivity index (χ3n) is 3.79. The lowest BCUT2D eigenvalue weighted by Crippen LogP contribution is -2.46. The van der Waals surface area contributed by atoms with Crippen LogP contribution in [0.4, 0.5) is 10.5 Å². The molecule has 0 unspecified atom stereocenters. The van der Waals surface area contributed by atoms with Gasteiger partial charge in [-0.25, -0.2) is 4.79 Å². The van der Waals surface area contributed by atoms with Gasteiger partial charge in [-0.05, 0) is 25.0 Å². The zero-order valence-electron chi connectivity index (χ0n) is 13.3. The summed E-state index contributed by atoms with van der Waals surface area (Å²) < 4.78 is 16.1. The minimum absolute atomic E-state index is 0.0969. The highest BCUT2D eigenvalue weighted by molar-refractivity contribution is 5.94. The zero-order valence-corrected chi connectivity index (χ0v) is 13.3. The molecule has 0 spiro atoms. The summed E-state index contributed by atoms with van der Waals surface area (Å²) in [6.07, 6.45) is 1.58. The van der Waals surface area contributed by atoms with E-state index in [0.29, 0.717) is 43.6 Å². The van der Waals surface area contributed by atoms with Crippen molar-refractivity contribution in [2.75, 3.05) is 38.3 Å². The van der Waals surface area contributed by atoms with Gasteiger partial charge in [-0.3, -0.25) is 4.79 Å². The number of benzene rings is 1. The number of urea groups is 1. The zero-order chi connectivity index (χ0) is 16.8. The van der Waals surface area contributed by atoms with Gasteiger partial charge in [0, 0.05) is 31.0 Å². The SMILES string of the molecule is O=C(CNC(=O)NC1CCOCC1)Nc1ccc2c(c1)OCCO2. The summed E-state index contributed by atoms with van der Waals surface area (Å²) in [5.74, 6) is 0.950. The van der Waals surface area contributed by atoms with Crippen LogP contribution in [0, 0.1) is 0 Å². The molecule has 0 aliphatic carbocycles. The maximum absolute atomic E-state index is 11.9. The summed E-state index contributed by atoms with van der Waals surface area (Å²) in [5.41, 5.74) is 0.593. The maximum Gasteiger partial charge on any atom is 0.315 e. The summed E-state index contributed by atoms with van der Waals surface area (Å²) in [4.78, 5) is 23.7. The lowest BCUT2D eigenvalue weighted by Gasteiger charge is -2.23. The molecule has 130 valence electrons. The fourth-order valence-electron chi connectivity index (χ4n) is 2.57. The molecule has 3 amide bonds. The molecule has 0 atom stereocenters. The molecular formula is C16H21N3O5. The number of amides is 3. The molecule has 0 bridgehead atoms. The molecule has 3 N–H and O–H groups in total. The number of rotatable bonds is 4. The molecule has 2 heterocycles. The van der Waals surface area contributed by atoms with E-state index < -0.39 is 0 Å². The first-order chi connectivity index (χ1) is 11.7. The molecule has 8 heteroatoms. The first-order valence-corrected chi connectivity index (χ1v) is 8.02. The van der Waals surface area contributed by atoms with E-state index in [1.165, 1.54) is 0 Å². The maximum atomic E-state index is 11.9. The molecular weight excluding hydrogens is 314 g/mol. The lowest BCUT2D eigenvalue weighted by atomic mass is 10.1. The number of anilines is 1. The molecule has 0 saturated carbocycles. The van der Waals surface area contributed by atoms with E-state index >= 15 is 0 Å². The molecule has 2 aliphatic rings. The minimum Gasteiger partial charge on any atom is -0.486 e. The van der Waals surface area contributed by atoms with Crippen LogP contribution in [0.5, 0.6) is 11.5 Å². The van der Waals surface area contributed by atoms with Crippen molar-refractivity contribution in [3.05, 3.63) is 18.2 Å². The van der Waals surface area contributed by atoms with Gasteiger partial charge < -0.3 is 30.2 Å². The Balaban J connectivity index is 1.42. The van der Waals surface area contributed by atoms with Crippen molar-refractivity contribution in [2.45, 2.75) is 18.9 Å². The number of hydrogen-bond acceptors (Lipinski definition) is 5. The third kappa shape index (κ3) is 4.51. The van der Waals surface area contributed by atoms with Gasteiger partial charge in [-0.15, -0.1) is 0 Å². The van der Waals surface area contributed by atoms with Gasteiger partial charge in [0.1, 0.15) is 13.2 Å². The average molecular weight is 335 g/mol. The Labute approximate surface area is 139 Å². The highest BCUT2D eigenvalue weighted by Gasteiger charge is 2.17. The second-order valence-electron chi connectivity index (χ2n) is 5.62. The second kappa shape index (κ2) is 7.87. The van der Waals surface area contributed by atoms with Crippen molar-refractivity contribution in [1.82, 2.24) is 10.6 Å². The van der Waals surface area contributed by atoms with Crippen molar-refractivity contribution in [3.63, 3.8) is 0 Å². The number of carbonyl (C=O) groups excluding carboxylic acids is 2. The fourth-order valence-corrected chi connectivity index (χ4v) is 2.57. The van der Waals surface area contributed by atoms with Gasteiger partial charge in [-0.2, -0.15) is 0 Å². The summed E-state index contributed by atoms with van der Waals surface area (Å²) in [7, 11) is 0. The quantitative estimate of drug-likeness (QED) is 0.759. The van der Waals surface area contributed by atoms with Crippen LogP contribution in [-0.2, 0) is 9.53 Å². The van der Waals surface area contributed by atoms with E-state index in [2.05, 4.69) is 16.0 Å². The van der Waals surface area contributed by atoms with Gasteiger partial charge in [0.2, 0.25) is 5.91 Å². The molecule has 8 nitrogen and oxygen atoms in total. The van der Waals surface area contributed by atoms with E-state index in [9.17, 15) is 9.59 Å². The van der Waals surface area contributed by atoms with Crippen molar-refractivity contribution >= 4 is 17.6 Å². The molecule has 1 saturated heterocycles. The van der Waals surface area contributed by atoms with E-state index in [-0.39, 0.29) is 24.5 Å². The summed E-state index contributed by atoms with van der Waals surface area (Å²) >= 11 is 0. The van der Waals surface area contributed by atoms with Gasteiger partial charge in [0.15, 0.2) is 11.5 Å². The van der Waals surface area contributed by atoms with Crippen LogP contribution < -0.4 is 25.4 Å². The Bertz CT molecular complexity index is 601. The fraction of sp³-hybridized carbons (Fsp3) is 0.500. The Kier molecular flexibility index (Phi) is 5.37. The van der Waals surface area contributed by atoms with Crippen LogP contribution in [0.3, 0.4) is 0 Å². The van der Waals surface area contributed by atoms with E-state index in [1.807, 2.05) is 0 Å². The Morgan fingerprint density at radius 1 is 1.04 bits per heavy atom. The van der Waals surface area contributed by atoms with Crippen molar-refractivity contribution < 1.29 is 23.8 Å². The monoisotopic (exact) mass is 335 g/mol. The van der Waals surface area contributed by atoms with E-state index in [1.54, 1.807) is 18.2 Å². The number of hydrogen-bond donors (Lipinski definition) is 3. The first kappa shape index (κ1) is 16.4. The van der Waals surface area contributed by atoms with Gasteiger partial charge >= 0.3 is 6.03 Å². The number of ether oxygens (including phenoxy) is 3. The summed E-state index contributed by atoms with van der Waals surface area (Å²) in [6, 6.07) is 4.93. The van der Waals surface area contributed by atoms with Crippen molar-refractivity contribution in [3.8, 4) is 11.5 Å². The van der Waals surface area contributed by atoms with Crippen LogP contribution in [0.2, 0.25) is 0 Å². The summed E-state index contributed by atoms with van der Waals surface area (Å²) in [6.45, 7) is 2.19. The van der Waals surface area contributed by atoms with Crippen LogP contribution in [0.25, 0.3) is 0 Å². The summed E-state index contributed by atoms with van der Waals surface area (Å²) in [5, 5.41) is 8.10. The predicted molar refractivity (Wildman–Crippen MR) is 86.4 cm³/mol. The van der Waals surface area contributed by atoms with Gasteiger partial charge in [0.05, 0.1) is 6.54 Å². The molecule has 1 aromatic rings. The number of carbonyl (C=O) groups is 2. The van der Waals surface area contributed by atoms with E-state index in [4.69, 9.17) is 14.2 Å². The molecule has 0 radical (unpaired) electrons. The molecule has 1 aromatic carbocycles. The number of nitrogens with one attached hydrogen (secondary N) is 3. The highest BCUT2D eigenvalue weighted by Crippen LogP contribution is 2.32. The largest absolute Gasteiger partial charge is 0.486 e. The Morgan fingerprint density at radius 2 is 1.79 bits per heavy atom. The highest BCUT2D eigenvalue weighted by atomic mass is 16.6. The molecule has 24 heavy (non-hydrogen) atoms. The standard InChI is InChI=1S/C16H21N3O5/c20-15(10-17-16(21)19-11-3-5-22-6-4-11)18-12-1-2-13-14(9-12)24-8-7-23-13/h1-2,9,11H,3-8,10H2,(H,18,20)(H2,17,19,21). The number of fused-ring (bicyclic) bond motifs is 1. The molecule has 2 aliphatic heterocycles. The lowest BCUT2D eigenvalue weighted by molar-refractivity contribution is -0.115. The van der Waals surface area contributed by atoms with Gasteiger partial charge in [0.25, 0.3) is 0 Å². The normalized spacial score (nSPS) is 17.0. The van der Waals surface area contributed by atoms with Crippen LogP contribution in [0.15, 0.2) is 18.2 Å². The van der Waals surface area contributed by atoms with Crippen LogP contribution in [0.1, 0.15) is 12.8 Å². The minimum atomic E-state index is -0.348. The topological polar surface area (TPSA) is 97.9 Å². The van der Waals surface area contributed by atoms with Crippen molar-refractivity contribution in [1.29, 1.82) is 0 Å².